The summed E-state index contributed by atoms with van der Waals surface area (Å²) in [7, 11) is 1.67. The molecule has 3 aromatic rings. The Balaban J connectivity index is 1.64. The van der Waals surface area contributed by atoms with E-state index in [9.17, 15) is 9.59 Å². The average molecular weight is 374 g/mol. The van der Waals surface area contributed by atoms with Crippen LogP contribution in [0, 0.1) is 6.92 Å². The van der Waals surface area contributed by atoms with Crippen LogP contribution in [0.1, 0.15) is 47.7 Å². The van der Waals surface area contributed by atoms with Gasteiger partial charge in [-0.15, -0.1) is 11.3 Å². The monoisotopic (exact) mass is 374 g/mol. The van der Waals surface area contributed by atoms with Gasteiger partial charge in [0.15, 0.2) is 4.96 Å². The van der Waals surface area contributed by atoms with Crippen molar-refractivity contribution < 1.29 is 4.79 Å². The highest BCUT2D eigenvalue weighted by atomic mass is 32.1. The number of fused-ring (bicyclic) bond motifs is 1. The van der Waals surface area contributed by atoms with Crippen LogP contribution in [0.15, 0.2) is 16.4 Å². The van der Waals surface area contributed by atoms with Crippen LogP contribution < -0.4 is 5.69 Å². The first-order chi connectivity index (χ1) is 12.5. The molecule has 0 aliphatic carbocycles. The molecule has 8 nitrogen and oxygen atoms in total. The molecule has 4 heterocycles. The number of hydrogen-bond donors (Lipinski definition) is 0. The molecule has 4 rings (SSSR count). The second-order valence-corrected chi connectivity index (χ2v) is 7.57. The highest BCUT2D eigenvalue weighted by Crippen LogP contribution is 2.27. The number of carbonyl (C=O) groups is 1. The maximum absolute atomic E-state index is 13.2. The lowest BCUT2D eigenvalue weighted by atomic mass is 9.96. The number of nitrogens with zero attached hydrogens (tertiary/aromatic N) is 6. The fourth-order valence-corrected chi connectivity index (χ4v) is 4.56. The Morgan fingerprint density at radius 2 is 2.23 bits per heavy atom. The normalized spacial score (nSPS) is 18.0. The molecule has 3 aromatic heterocycles. The number of thiazole rings is 1. The summed E-state index contributed by atoms with van der Waals surface area (Å²) in [5.41, 5.74) is 1.29. The van der Waals surface area contributed by atoms with E-state index < -0.39 is 0 Å². The summed E-state index contributed by atoms with van der Waals surface area (Å²) >= 11 is 1.52. The summed E-state index contributed by atoms with van der Waals surface area (Å²) in [6.07, 6.45) is 3.72. The lowest BCUT2D eigenvalue weighted by Crippen LogP contribution is -2.40. The van der Waals surface area contributed by atoms with E-state index in [2.05, 4.69) is 10.1 Å². The van der Waals surface area contributed by atoms with E-state index in [1.165, 1.54) is 16.0 Å². The van der Waals surface area contributed by atoms with Crippen molar-refractivity contribution >= 4 is 22.2 Å². The van der Waals surface area contributed by atoms with Crippen LogP contribution in [-0.2, 0) is 13.6 Å². The number of likely N-dealkylation sites (tertiary alicyclic amines) is 1. The van der Waals surface area contributed by atoms with Gasteiger partial charge in [0, 0.05) is 44.2 Å². The van der Waals surface area contributed by atoms with Crippen molar-refractivity contribution in [2.45, 2.75) is 39.2 Å². The maximum Gasteiger partial charge on any atom is 0.345 e. The number of aromatic nitrogens is 5. The lowest BCUT2D eigenvalue weighted by molar-refractivity contribution is 0.0695. The number of hydrogen-bond acceptors (Lipinski definition) is 5. The van der Waals surface area contributed by atoms with Crippen molar-refractivity contribution in [2.24, 2.45) is 7.05 Å². The average Bonchev–Trinajstić information content (AvgIpc) is 3.28. The van der Waals surface area contributed by atoms with E-state index >= 15 is 0 Å². The first-order valence-corrected chi connectivity index (χ1v) is 9.74. The van der Waals surface area contributed by atoms with Gasteiger partial charge in [-0.1, -0.05) is 0 Å². The van der Waals surface area contributed by atoms with Crippen LogP contribution in [0.25, 0.3) is 4.96 Å². The Labute approximate surface area is 154 Å². The zero-order chi connectivity index (χ0) is 18.4. The summed E-state index contributed by atoms with van der Waals surface area (Å²) in [5.74, 6) is 0.857. The minimum atomic E-state index is -0.0995. The Bertz CT molecular complexity index is 1030. The van der Waals surface area contributed by atoms with Gasteiger partial charge in [-0.3, -0.25) is 13.8 Å². The molecule has 0 bridgehead atoms. The van der Waals surface area contributed by atoms with Crippen molar-refractivity contribution in [1.82, 2.24) is 28.6 Å². The lowest BCUT2D eigenvalue weighted by Gasteiger charge is -2.32. The smallest absolute Gasteiger partial charge is 0.337 e. The molecular formula is C17H22N6O2S. The Morgan fingerprint density at radius 3 is 3.00 bits per heavy atom. The molecule has 26 heavy (non-hydrogen) atoms. The largest absolute Gasteiger partial charge is 0.345 e. The molecule has 0 spiro atoms. The van der Waals surface area contributed by atoms with Crippen molar-refractivity contribution in [1.29, 1.82) is 0 Å². The molecule has 0 unspecified atom stereocenters. The van der Waals surface area contributed by atoms with E-state index in [0.29, 0.717) is 18.8 Å². The van der Waals surface area contributed by atoms with E-state index in [0.717, 1.165) is 35.9 Å². The van der Waals surface area contributed by atoms with Crippen LogP contribution in [0.4, 0.5) is 0 Å². The molecule has 1 aliphatic rings. The van der Waals surface area contributed by atoms with E-state index in [1.54, 1.807) is 11.6 Å². The van der Waals surface area contributed by atoms with Crippen molar-refractivity contribution in [3.63, 3.8) is 0 Å². The molecule has 0 radical (unpaired) electrons. The second kappa shape index (κ2) is 6.39. The van der Waals surface area contributed by atoms with Crippen molar-refractivity contribution in [3.05, 3.63) is 39.3 Å². The molecule has 0 N–H and O–H groups in total. The Morgan fingerprint density at radius 1 is 1.42 bits per heavy atom. The Kier molecular flexibility index (Phi) is 4.18. The van der Waals surface area contributed by atoms with Gasteiger partial charge in [-0.25, -0.2) is 14.5 Å². The van der Waals surface area contributed by atoms with Crippen molar-refractivity contribution in [3.8, 4) is 0 Å². The summed E-state index contributed by atoms with van der Waals surface area (Å²) < 4.78 is 4.96. The van der Waals surface area contributed by atoms with E-state index in [-0.39, 0.29) is 17.5 Å². The van der Waals surface area contributed by atoms with Crippen molar-refractivity contribution in [2.75, 3.05) is 13.1 Å². The predicted molar refractivity (Wildman–Crippen MR) is 98.8 cm³/mol. The van der Waals surface area contributed by atoms with Gasteiger partial charge in [0.25, 0.3) is 5.91 Å². The first kappa shape index (κ1) is 17.0. The zero-order valence-electron chi connectivity index (χ0n) is 15.2. The second-order valence-electron chi connectivity index (χ2n) is 6.70. The Hall–Kier alpha value is -2.42. The fourth-order valence-electron chi connectivity index (χ4n) is 3.80. The van der Waals surface area contributed by atoms with Gasteiger partial charge >= 0.3 is 5.69 Å². The van der Waals surface area contributed by atoms with Crippen LogP contribution >= 0.6 is 11.3 Å². The molecule has 1 amide bonds. The van der Waals surface area contributed by atoms with Crippen LogP contribution in [0.2, 0.25) is 0 Å². The number of amides is 1. The van der Waals surface area contributed by atoms with Crippen LogP contribution in [0.3, 0.4) is 0 Å². The summed E-state index contributed by atoms with van der Waals surface area (Å²) in [4.78, 5) is 32.6. The predicted octanol–water partition coefficient (Wildman–Crippen LogP) is 1.64. The van der Waals surface area contributed by atoms with Gasteiger partial charge < -0.3 is 4.90 Å². The third kappa shape index (κ3) is 2.57. The molecule has 9 heteroatoms. The summed E-state index contributed by atoms with van der Waals surface area (Å²) in [5, 5.41) is 6.37. The van der Waals surface area contributed by atoms with Gasteiger partial charge in [0.2, 0.25) is 0 Å². The van der Waals surface area contributed by atoms with Crippen LogP contribution in [-0.4, -0.2) is 47.6 Å². The SMILES string of the molecule is CCn1c([C@@H]2CCCN(C(=O)c3c(C)nc4sccn34)C2)nn(C)c1=O. The number of imidazole rings is 1. The number of piperidine rings is 1. The summed E-state index contributed by atoms with van der Waals surface area (Å²) in [6.45, 7) is 5.70. The number of carbonyl (C=O) groups excluding carboxylic acids is 1. The highest BCUT2D eigenvalue weighted by molar-refractivity contribution is 7.15. The maximum atomic E-state index is 13.2. The van der Waals surface area contributed by atoms with E-state index in [4.69, 9.17) is 0 Å². The fraction of sp³-hybridized carbons (Fsp3) is 0.529. The molecule has 1 saturated heterocycles. The standard InChI is InChI=1S/C17H22N6O2S/c1-4-22-14(19-20(3)17(22)25)12-6-5-7-21(10-12)15(24)13-11(2)18-16-23(13)8-9-26-16/h8-9,12H,4-7,10H2,1-3H3/t12-/m1/s1. The third-order valence-corrected chi connectivity index (χ3v) is 5.82. The van der Waals surface area contributed by atoms with Crippen LogP contribution in [0.5, 0.6) is 0 Å². The number of rotatable bonds is 3. The minimum absolute atomic E-state index is 0.000531. The minimum Gasteiger partial charge on any atom is -0.337 e. The number of aryl methyl sites for hydroxylation is 2. The molecular weight excluding hydrogens is 352 g/mol. The van der Waals surface area contributed by atoms with E-state index in [1.807, 2.05) is 34.7 Å². The first-order valence-electron chi connectivity index (χ1n) is 8.86. The molecule has 138 valence electrons. The molecule has 1 fully saturated rings. The molecule has 1 aliphatic heterocycles. The highest BCUT2D eigenvalue weighted by Gasteiger charge is 2.31. The van der Waals surface area contributed by atoms with Gasteiger partial charge in [0.05, 0.1) is 5.69 Å². The van der Waals surface area contributed by atoms with Gasteiger partial charge in [-0.05, 0) is 26.7 Å². The topological polar surface area (TPSA) is 77.4 Å². The summed E-state index contributed by atoms with van der Waals surface area (Å²) in [6, 6.07) is 0. The van der Waals surface area contributed by atoms with Gasteiger partial charge in [0.1, 0.15) is 11.5 Å². The zero-order valence-corrected chi connectivity index (χ0v) is 16.0. The van der Waals surface area contributed by atoms with Gasteiger partial charge in [-0.2, -0.15) is 5.10 Å². The molecule has 0 saturated carbocycles. The molecule has 0 aromatic carbocycles. The molecule has 1 atom stereocenters. The quantitative estimate of drug-likeness (QED) is 0.698. The third-order valence-electron chi connectivity index (χ3n) is 5.07.